The summed E-state index contributed by atoms with van der Waals surface area (Å²) in [6.45, 7) is 4.93. The summed E-state index contributed by atoms with van der Waals surface area (Å²) in [6.07, 6.45) is 3.33. The third-order valence-corrected chi connectivity index (χ3v) is 4.06. The Kier molecular flexibility index (Phi) is 5.81. The summed E-state index contributed by atoms with van der Waals surface area (Å²) in [5.41, 5.74) is 1.74. The molecular weight excluding hydrogens is 290 g/mol. The lowest BCUT2D eigenvalue weighted by Crippen LogP contribution is -2.37. The molecule has 0 bridgehead atoms. The van der Waals surface area contributed by atoms with E-state index in [1.165, 1.54) is 0 Å². The molecule has 1 heterocycles. The number of carboxylic acids is 1. The number of nitrogens with zero attached hydrogens (tertiary/aromatic N) is 1. The van der Waals surface area contributed by atoms with Gasteiger partial charge in [-0.15, -0.1) is 0 Å². The number of rotatable bonds is 4. The fourth-order valence-electron chi connectivity index (χ4n) is 3.04. The van der Waals surface area contributed by atoms with Crippen molar-refractivity contribution in [3.8, 4) is 11.8 Å². The van der Waals surface area contributed by atoms with Gasteiger partial charge in [0.05, 0.1) is 0 Å². The van der Waals surface area contributed by atoms with Crippen LogP contribution in [0.25, 0.3) is 0 Å². The van der Waals surface area contributed by atoms with Gasteiger partial charge in [-0.25, -0.2) is 4.79 Å². The molecule has 1 atom stereocenters. The summed E-state index contributed by atoms with van der Waals surface area (Å²) in [5, 5.41) is 8.72. The zero-order valence-electron chi connectivity index (χ0n) is 13.7. The highest BCUT2D eigenvalue weighted by Gasteiger charge is 2.29. The monoisotopic (exact) mass is 313 g/mol. The number of hydrogen-bond donors (Lipinski definition) is 1. The van der Waals surface area contributed by atoms with Crippen LogP contribution in [0.3, 0.4) is 0 Å². The summed E-state index contributed by atoms with van der Waals surface area (Å²) in [4.78, 5) is 25.0. The van der Waals surface area contributed by atoms with Gasteiger partial charge in [0.2, 0.25) is 5.91 Å². The number of aliphatic carboxylic acids is 1. The Morgan fingerprint density at radius 1 is 1.35 bits per heavy atom. The third-order valence-electron chi connectivity index (χ3n) is 4.06. The van der Waals surface area contributed by atoms with Crippen LogP contribution in [0.2, 0.25) is 0 Å². The van der Waals surface area contributed by atoms with E-state index in [0.717, 1.165) is 36.9 Å². The average Bonchev–Trinajstić information content (AvgIpc) is 2.94. The number of carboxylic acid groups (broad SMARTS) is 1. The third kappa shape index (κ3) is 4.85. The Labute approximate surface area is 137 Å². The lowest BCUT2D eigenvalue weighted by Gasteiger charge is -2.26. The number of carbonyl (C=O) groups is 2. The standard InChI is InChI=1S/C19H23NO3/c1-14(2)12-18(21)20-11-5-8-17(20)13-16-7-4-3-6-15(16)9-10-19(22)23/h3-4,6-7,14,17H,5,8,11-13H2,1-2H3,(H,22,23). The molecule has 2 rings (SSSR count). The zero-order valence-corrected chi connectivity index (χ0v) is 13.7. The highest BCUT2D eigenvalue weighted by molar-refractivity contribution is 5.87. The fraction of sp³-hybridized carbons (Fsp3) is 0.474. The summed E-state index contributed by atoms with van der Waals surface area (Å²) < 4.78 is 0. The van der Waals surface area contributed by atoms with E-state index < -0.39 is 5.97 Å². The van der Waals surface area contributed by atoms with Crippen LogP contribution in [0, 0.1) is 17.8 Å². The van der Waals surface area contributed by atoms with Gasteiger partial charge in [0.1, 0.15) is 0 Å². The van der Waals surface area contributed by atoms with Crippen molar-refractivity contribution >= 4 is 11.9 Å². The van der Waals surface area contributed by atoms with E-state index in [1.54, 1.807) is 0 Å². The average molecular weight is 313 g/mol. The van der Waals surface area contributed by atoms with Crippen LogP contribution in [0.1, 0.15) is 44.2 Å². The number of likely N-dealkylation sites (tertiary alicyclic amines) is 1. The molecule has 1 aliphatic rings. The maximum atomic E-state index is 12.4. The first-order chi connectivity index (χ1) is 11.0. The van der Waals surface area contributed by atoms with Crippen LogP contribution in [0.4, 0.5) is 0 Å². The minimum absolute atomic E-state index is 0.189. The number of benzene rings is 1. The second-order valence-corrected chi connectivity index (χ2v) is 6.40. The van der Waals surface area contributed by atoms with E-state index in [0.29, 0.717) is 12.3 Å². The van der Waals surface area contributed by atoms with E-state index in [-0.39, 0.29) is 11.9 Å². The second kappa shape index (κ2) is 7.82. The highest BCUT2D eigenvalue weighted by atomic mass is 16.4. The molecule has 0 spiro atoms. The van der Waals surface area contributed by atoms with Crippen molar-refractivity contribution in [1.82, 2.24) is 4.90 Å². The first-order valence-corrected chi connectivity index (χ1v) is 8.09. The normalized spacial score (nSPS) is 17.0. The molecule has 1 amide bonds. The molecule has 0 aromatic heterocycles. The van der Waals surface area contributed by atoms with Gasteiger partial charge in [-0.1, -0.05) is 38.0 Å². The Morgan fingerprint density at radius 3 is 2.78 bits per heavy atom. The van der Waals surface area contributed by atoms with E-state index in [9.17, 15) is 9.59 Å². The van der Waals surface area contributed by atoms with Crippen molar-refractivity contribution in [1.29, 1.82) is 0 Å². The van der Waals surface area contributed by atoms with Crippen molar-refractivity contribution in [2.24, 2.45) is 5.92 Å². The molecule has 1 aromatic rings. The van der Waals surface area contributed by atoms with Gasteiger partial charge in [-0.2, -0.15) is 0 Å². The van der Waals surface area contributed by atoms with Crippen molar-refractivity contribution in [2.45, 2.75) is 45.6 Å². The molecule has 1 saturated heterocycles. The maximum Gasteiger partial charge on any atom is 0.382 e. The number of carbonyl (C=O) groups excluding carboxylic acids is 1. The molecule has 4 nitrogen and oxygen atoms in total. The van der Waals surface area contributed by atoms with Crippen molar-refractivity contribution in [3.05, 3.63) is 35.4 Å². The molecule has 23 heavy (non-hydrogen) atoms. The predicted molar refractivity (Wildman–Crippen MR) is 88.8 cm³/mol. The van der Waals surface area contributed by atoms with Gasteiger partial charge in [-0.05, 0) is 36.8 Å². The zero-order chi connectivity index (χ0) is 16.8. The second-order valence-electron chi connectivity index (χ2n) is 6.40. The van der Waals surface area contributed by atoms with Crippen LogP contribution in [0.5, 0.6) is 0 Å². The van der Waals surface area contributed by atoms with E-state index in [1.807, 2.05) is 29.2 Å². The Hall–Kier alpha value is -2.28. The molecular formula is C19H23NO3. The van der Waals surface area contributed by atoms with Crippen molar-refractivity contribution in [2.75, 3.05) is 6.54 Å². The first kappa shape index (κ1) is 17.1. The topological polar surface area (TPSA) is 57.6 Å². The molecule has 0 aliphatic carbocycles. The molecule has 4 heteroatoms. The molecule has 0 saturated carbocycles. The Bertz CT molecular complexity index is 640. The van der Waals surface area contributed by atoms with Gasteiger partial charge in [0.15, 0.2) is 0 Å². The van der Waals surface area contributed by atoms with Crippen molar-refractivity contribution < 1.29 is 14.7 Å². The van der Waals surface area contributed by atoms with E-state index in [4.69, 9.17) is 5.11 Å². The smallest absolute Gasteiger partial charge is 0.382 e. The summed E-state index contributed by atoms with van der Waals surface area (Å²) >= 11 is 0. The van der Waals surface area contributed by atoms with Gasteiger partial charge < -0.3 is 10.0 Å². The van der Waals surface area contributed by atoms with Crippen LogP contribution >= 0.6 is 0 Å². The lowest BCUT2D eigenvalue weighted by molar-refractivity contribution is -0.133. The van der Waals surface area contributed by atoms with Crippen LogP contribution in [0.15, 0.2) is 24.3 Å². The van der Waals surface area contributed by atoms with Crippen LogP contribution in [-0.4, -0.2) is 34.5 Å². The van der Waals surface area contributed by atoms with Gasteiger partial charge in [0.25, 0.3) is 0 Å². The van der Waals surface area contributed by atoms with Gasteiger partial charge in [0, 0.05) is 30.5 Å². The Morgan fingerprint density at radius 2 is 2.09 bits per heavy atom. The maximum absolute atomic E-state index is 12.4. The molecule has 1 unspecified atom stereocenters. The minimum Gasteiger partial charge on any atom is -0.472 e. The summed E-state index contributed by atoms with van der Waals surface area (Å²) in [7, 11) is 0. The molecule has 0 radical (unpaired) electrons. The van der Waals surface area contributed by atoms with Gasteiger partial charge in [-0.3, -0.25) is 4.79 Å². The number of hydrogen-bond acceptors (Lipinski definition) is 2. The highest BCUT2D eigenvalue weighted by Crippen LogP contribution is 2.24. The number of amides is 1. The van der Waals surface area contributed by atoms with E-state index >= 15 is 0 Å². The SMILES string of the molecule is CC(C)CC(=O)N1CCCC1Cc1ccccc1C#CC(=O)O. The Balaban J connectivity index is 2.14. The predicted octanol–water partition coefficient (Wildman–Crippen LogP) is 2.70. The summed E-state index contributed by atoms with van der Waals surface area (Å²) in [6, 6.07) is 7.77. The summed E-state index contributed by atoms with van der Waals surface area (Å²) in [5.74, 6) is 4.33. The van der Waals surface area contributed by atoms with Crippen LogP contribution < -0.4 is 0 Å². The van der Waals surface area contributed by atoms with E-state index in [2.05, 4.69) is 25.7 Å². The van der Waals surface area contributed by atoms with Crippen molar-refractivity contribution in [3.63, 3.8) is 0 Å². The molecule has 1 N–H and O–H groups in total. The molecule has 1 fully saturated rings. The van der Waals surface area contributed by atoms with Gasteiger partial charge >= 0.3 is 5.97 Å². The molecule has 1 aromatic carbocycles. The molecule has 1 aliphatic heterocycles. The first-order valence-electron chi connectivity index (χ1n) is 8.09. The fourth-order valence-corrected chi connectivity index (χ4v) is 3.04. The lowest BCUT2D eigenvalue weighted by atomic mass is 9.98. The van der Waals surface area contributed by atoms with Crippen LogP contribution in [-0.2, 0) is 16.0 Å². The minimum atomic E-state index is -1.13. The molecule has 122 valence electrons. The quantitative estimate of drug-likeness (QED) is 0.870. The largest absolute Gasteiger partial charge is 0.472 e.